The van der Waals surface area contributed by atoms with Crippen molar-refractivity contribution in [2.24, 2.45) is 10.9 Å². The van der Waals surface area contributed by atoms with Crippen molar-refractivity contribution in [2.45, 2.75) is 12.8 Å². The van der Waals surface area contributed by atoms with Gasteiger partial charge in [0, 0.05) is 12.1 Å². The fourth-order valence-electron chi connectivity index (χ4n) is 1.74. The summed E-state index contributed by atoms with van der Waals surface area (Å²) in [6, 6.07) is 6.29. The summed E-state index contributed by atoms with van der Waals surface area (Å²) in [6.45, 7) is -1.21. The van der Waals surface area contributed by atoms with Gasteiger partial charge in [0.25, 0.3) is 6.43 Å². The van der Waals surface area contributed by atoms with Crippen LogP contribution >= 0.6 is 0 Å². The first-order chi connectivity index (χ1) is 9.97. The Bertz CT molecular complexity index is 492. The number of oxime groups is 1. The first-order valence-corrected chi connectivity index (χ1v) is 6.21. The highest BCUT2D eigenvalue weighted by atomic mass is 19.3. The zero-order valence-corrected chi connectivity index (χ0v) is 11.2. The van der Waals surface area contributed by atoms with Gasteiger partial charge in [-0.1, -0.05) is 29.4 Å². The average Bonchev–Trinajstić information content (AvgIpc) is 2.46. The van der Waals surface area contributed by atoms with Crippen LogP contribution in [0.2, 0.25) is 0 Å². The molecule has 0 fully saturated rings. The molecule has 0 spiro atoms. The summed E-state index contributed by atoms with van der Waals surface area (Å²) >= 11 is 0. The third-order valence-electron chi connectivity index (χ3n) is 2.79. The van der Waals surface area contributed by atoms with Gasteiger partial charge in [0.1, 0.15) is 0 Å². The van der Waals surface area contributed by atoms with E-state index in [0.717, 1.165) is 4.90 Å². The minimum atomic E-state index is -2.65. The summed E-state index contributed by atoms with van der Waals surface area (Å²) in [7, 11) is 0. The second-order valence-corrected chi connectivity index (χ2v) is 4.31. The molecule has 4 N–H and O–H groups in total. The Morgan fingerprint density at radius 3 is 2.43 bits per heavy atom. The lowest BCUT2D eigenvalue weighted by atomic mass is 10.1. The predicted molar refractivity (Wildman–Crippen MR) is 72.3 cm³/mol. The van der Waals surface area contributed by atoms with Crippen molar-refractivity contribution in [2.75, 3.05) is 19.7 Å². The Kier molecular flexibility index (Phi) is 6.54. The molecule has 0 atom stereocenters. The van der Waals surface area contributed by atoms with Crippen LogP contribution in [-0.2, 0) is 11.2 Å². The minimum Gasteiger partial charge on any atom is -0.409 e. The van der Waals surface area contributed by atoms with Crippen molar-refractivity contribution in [3.05, 3.63) is 35.4 Å². The maximum atomic E-state index is 12.4. The first kappa shape index (κ1) is 16.8. The summed E-state index contributed by atoms with van der Waals surface area (Å²) < 4.78 is 24.7. The first-order valence-electron chi connectivity index (χ1n) is 6.21. The number of aliphatic hydroxyl groups is 1. The topological polar surface area (TPSA) is 99.2 Å². The molecule has 0 bridgehead atoms. The number of aliphatic hydroxyl groups excluding tert-OH is 1. The summed E-state index contributed by atoms with van der Waals surface area (Å²) in [4.78, 5) is 12.8. The summed E-state index contributed by atoms with van der Waals surface area (Å²) in [6.07, 6.45) is -2.72. The third-order valence-corrected chi connectivity index (χ3v) is 2.79. The Morgan fingerprint density at radius 2 is 1.95 bits per heavy atom. The van der Waals surface area contributed by atoms with Crippen LogP contribution in [0.3, 0.4) is 0 Å². The fraction of sp³-hybridized carbons (Fsp3) is 0.385. The van der Waals surface area contributed by atoms with Crippen LogP contribution in [0.25, 0.3) is 0 Å². The molecule has 0 aliphatic carbocycles. The maximum Gasteiger partial charge on any atom is 0.255 e. The van der Waals surface area contributed by atoms with E-state index >= 15 is 0 Å². The second-order valence-electron chi connectivity index (χ2n) is 4.31. The van der Waals surface area contributed by atoms with Crippen molar-refractivity contribution in [3.63, 3.8) is 0 Å². The minimum absolute atomic E-state index is 0.0625. The van der Waals surface area contributed by atoms with Gasteiger partial charge in [-0.05, 0) is 5.56 Å². The largest absolute Gasteiger partial charge is 0.409 e. The summed E-state index contributed by atoms with van der Waals surface area (Å²) in [5.41, 5.74) is 6.49. The van der Waals surface area contributed by atoms with Crippen LogP contribution in [0.5, 0.6) is 0 Å². The van der Waals surface area contributed by atoms with E-state index in [4.69, 9.17) is 16.0 Å². The molecule has 1 aromatic carbocycles. The van der Waals surface area contributed by atoms with Gasteiger partial charge in [-0.2, -0.15) is 0 Å². The molecule has 0 aliphatic rings. The molecule has 0 radical (unpaired) electrons. The van der Waals surface area contributed by atoms with E-state index < -0.39 is 18.9 Å². The lowest BCUT2D eigenvalue weighted by Gasteiger charge is -2.21. The number of benzene rings is 1. The zero-order chi connectivity index (χ0) is 15.8. The lowest BCUT2D eigenvalue weighted by Crippen LogP contribution is -2.38. The van der Waals surface area contributed by atoms with Crippen molar-refractivity contribution in [1.82, 2.24) is 4.90 Å². The van der Waals surface area contributed by atoms with Crippen LogP contribution in [0, 0.1) is 0 Å². The molecule has 0 heterocycles. The van der Waals surface area contributed by atoms with E-state index in [1.54, 1.807) is 24.3 Å². The van der Waals surface area contributed by atoms with Crippen LogP contribution in [0.4, 0.5) is 8.78 Å². The Hall–Kier alpha value is -2.22. The molecule has 0 saturated carbocycles. The number of nitrogens with zero attached hydrogens (tertiary/aromatic N) is 2. The molecular formula is C13H17F2N3O3. The summed E-state index contributed by atoms with van der Waals surface area (Å²) in [5.74, 6) is -0.562. The second kappa shape index (κ2) is 8.15. The highest BCUT2D eigenvalue weighted by Gasteiger charge is 2.18. The number of amides is 1. The molecule has 1 rings (SSSR count). The van der Waals surface area contributed by atoms with Gasteiger partial charge in [-0.3, -0.25) is 4.79 Å². The van der Waals surface area contributed by atoms with E-state index in [2.05, 4.69) is 5.16 Å². The monoisotopic (exact) mass is 301 g/mol. The Labute approximate surface area is 120 Å². The normalized spacial score (nSPS) is 11.7. The van der Waals surface area contributed by atoms with E-state index in [9.17, 15) is 13.6 Å². The lowest BCUT2D eigenvalue weighted by molar-refractivity contribution is -0.133. The Balaban J connectivity index is 2.72. The van der Waals surface area contributed by atoms with Crippen LogP contribution in [0.1, 0.15) is 11.1 Å². The van der Waals surface area contributed by atoms with Crippen molar-refractivity contribution in [1.29, 1.82) is 0 Å². The molecule has 0 aromatic heterocycles. The number of carbonyl (C=O) groups excluding carboxylic acids is 1. The molecule has 0 aliphatic heterocycles. The number of hydrogen-bond acceptors (Lipinski definition) is 4. The summed E-state index contributed by atoms with van der Waals surface area (Å²) in [5, 5.41) is 20.2. The number of hydrogen-bond donors (Lipinski definition) is 3. The van der Waals surface area contributed by atoms with E-state index in [1.165, 1.54) is 0 Å². The van der Waals surface area contributed by atoms with E-state index in [-0.39, 0.29) is 25.4 Å². The number of amidine groups is 1. The quantitative estimate of drug-likeness (QED) is 0.294. The van der Waals surface area contributed by atoms with Crippen molar-refractivity contribution >= 4 is 11.7 Å². The standard InChI is InChI=1S/C13H17F2N3O3/c14-11(15)8-18(5-6-19)12(20)7-9-1-3-10(4-2-9)13(16)17-21/h1-4,11,19,21H,5-8H2,(H2,16,17). The van der Waals surface area contributed by atoms with Gasteiger partial charge < -0.3 is 20.9 Å². The van der Waals surface area contributed by atoms with Crippen LogP contribution in [-0.4, -0.2) is 53.1 Å². The molecule has 1 amide bonds. The van der Waals surface area contributed by atoms with Gasteiger partial charge in [0.15, 0.2) is 5.84 Å². The molecule has 0 saturated heterocycles. The van der Waals surface area contributed by atoms with E-state index in [1.807, 2.05) is 0 Å². The van der Waals surface area contributed by atoms with Crippen molar-refractivity contribution < 1.29 is 23.9 Å². The SMILES string of the molecule is N/C(=N/O)c1ccc(CC(=O)N(CCO)CC(F)F)cc1. The Morgan fingerprint density at radius 1 is 1.33 bits per heavy atom. The fourth-order valence-corrected chi connectivity index (χ4v) is 1.74. The number of alkyl halides is 2. The van der Waals surface area contributed by atoms with Gasteiger partial charge in [-0.25, -0.2) is 8.78 Å². The number of carbonyl (C=O) groups is 1. The molecule has 0 unspecified atom stereocenters. The molecule has 8 heteroatoms. The number of rotatable bonds is 7. The van der Waals surface area contributed by atoms with Crippen LogP contribution in [0.15, 0.2) is 29.4 Å². The maximum absolute atomic E-state index is 12.4. The molecule has 1 aromatic rings. The number of nitrogens with two attached hydrogens (primary N) is 1. The van der Waals surface area contributed by atoms with Crippen LogP contribution < -0.4 is 5.73 Å². The predicted octanol–water partition coefficient (Wildman–Crippen LogP) is 0.410. The van der Waals surface area contributed by atoms with Gasteiger partial charge in [-0.15, -0.1) is 0 Å². The van der Waals surface area contributed by atoms with Crippen molar-refractivity contribution in [3.8, 4) is 0 Å². The average molecular weight is 301 g/mol. The molecule has 21 heavy (non-hydrogen) atoms. The highest BCUT2D eigenvalue weighted by Crippen LogP contribution is 2.08. The highest BCUT2D eigenvalue weighted by molar-refractivity contribution is 5.97. The van der Waals surface area contributed by atoms with Gasteiger partial charge in [0.2, 0.25) is 5.91 Å². The smallest absolute Gasteiger partial charge is 0.255 e. The molecule has 116 valence electrons. The third kappa shape index (κ3) is 5.35. The molecule has 6 nitrogen and oxygen atoms in total. The van der Waals surface area contributed by atoms with Gasteiger partial charge >= 0.3 is 0 Å². The molecular weight excluding hydrogens is 284 g/mol. The zero-order valence-electron chi connectivity index (χ0n) is 11.2. The number of halogens is 2. The van der Waals surface area contributed by atoms with E-state index in [0.29, 0.717) is 11.1 Å². The van der Waals surface area contributed by atoms with Gasteiger partial charge in [0.05, 0.1) is 19.6 Å².